The predicted octanol–water partition coefficient (Wildman–Crippen LogP) is 3.37. The molecular formula is C16H14F2N2O2S. The fourth-order valence-electron chi connectivity index (χ4n) is 1.82. The number of rotatable bonds is 6. The smallest absolute Gasteiger partial charge is 0.288 e. The van der Waals surface area contributed by atoms with Crippen LogP contribution < -0.4 is 10.6 Å². The molecule has 0 atom stereocenters. The van der Waals surface area contributed by atoms with E-state index in [1.165, 1.54) is 12.1 Å². The van der Waals surface area contributed by atoms with Gasteiger partial charge in [-0.1, -0.05) is 42.1 Å². The number of hydrogen-bond acceptors (Lipinski definition) is 3. The number of halogens is 2. The number of nitrogens with one attached hydrogen (secondary N) is 2. The van der Waals surface area contributed by atoms with E-state index in [0.29, 0.717) is 17.3 Å². The standard InChI is InChI=1S/C16H14F2N2O2S/c17-16(18)23-13-9-5-4-8-12(13)20-14(21)10-19-15(22)11-6-2-1-3-7-11/h1-9,16H,10H2,(H,19,22)(H,20,21). The van der Waals surface area contributed by atoms with Crippen molar-refractivity contribution in [2.75, 3.05) is 11.9 Å². The van der Waals surface area contributed by atoms with Crippen molar-refractivity contribution >= 4 is 29.3 Å². The van der Waals surface area contributed by atoms with E-state index in [1.807, 2.05) is 0 Å². The predicted molar refractivity (Wildman–Crippen MR) is 85.7 cm³/mol. The topological polar surface area (TPSA) is 58.2 Å². The molecular weight excluding hydrogens is 322 g/mol. The molecule has 0 bridgehead atoms. The van der Waals surface area contributed by atoms with E-state index in [9.17, 15) is 18.4 Å². The van der Waals surface area contributed by atoms with Gasteiger partial charge in [-0.15, -0.1) is 0 Å². The van der Waals surface area contributed by atoms with Crippen molar-refractivity contribution in [3.05, 3.63) is 60.2 Å². The van der Waals surface area contributed by atoms with E-state index < -0.39 is 11.7 Å². The summed E-state index contributed by atoms with van der Waals surface area (Å²) >= 11 is 0.353. The summed E-state index contributed by atoms with van der Waals surface area (Å²) in [6.45, 7) is -0.249. The van der Waals surface area contributed by atoms with Crippen LogP contribution in [0.5, 0.6) is 0 Å². The van der Waals surface area contributed by atoms with E-state index in [-0.39, 0.29) is 23.0 Å². The first-order valence-corrected chi connectivity index (χ1v) is 7.61. The van der Waals surface area contributed by atoms with Gasteiger partial charge >= 0.3 is 0 Å². The van der Waals surface area contributed by atoms with Crippen molar-refractivity contribution in [2.24, 2.45) is 0 Å². The minimum atomic E-state index is -2.58. The molecule has 0 radical (unpaired) electrons. The zero-order valence-electron chi connectivity index (χ0n) is 12.0. The van der Waals surface area contributed by atoms with Gasteiger partial charge in [0.2, 0.25) is 5.91 Å². The van der Waals surface area contributed by atoms with Crippen molar-refractivity contribution in [3.63, 3.8) is 0 Å². The minimum absolute atomic E-state index is 0.249. The van der Waals surface area contributed by atoms with E-state index in [2.05, 4.69) is 10.6 Å². The molecule has 7 heteroatoms. The monoisotopic (exact) mass is 336 g/mol. The molecule has 2 aromatic carbocycles. The number of carbonyl (C=O) groups is 2. The average Bonchev–Trinajstić information content (AvgIpc) is 2.55. The summed E-state index contributed by atoms with van der Waals surface area (Å²) in [4.78, 5) is 24.0. The fraction of sp³-hybridized carbons (Fsp3) is 0.125. The zero-order valence-corrected chi connectivity index (χ0v) is 12.8. The molecule has 0 aromatic heterocycles. The summed E-state index contributed by atoms with van der Waals surface area (Å²) in [6.07, 6.45) is 0. The van der Waals surface area contributed by atoms with Gasteiger partial charge in [-0.2, -0.15) is 8.78 Å². The number of anilines is 1. The van der Waals surface area contributed by atoms with Gasteiger partial charge in [-0.25, -0.2) is 0 Å². The van der Waals surface area contributed by atoms with Gasteiger partial charge in [0, 0.05) is 10.5 Å². The molecule has 4 nitrogen and oxygen atoms in total. The molecule has 0 heterocycles. The molecule has 0 fully saturated rings. The molecule has 2 aromatic rings. The van der Waals surface area contributed by atoms with Gasteiger partial charge in [0.15, 0.2) is 0 Å². The van der Waals surface area contributed by atoms with E-state index >= 15 is 0 Å². The molecule has 0 aliphatic carbocycles. The highest BCUT2D eigenvalue weighted by Gasteiger charge is 2.12. The Morgan fingerprint density at radius 3 is 2.35 bits per heavy atom. The molecule has 0 saturated heterocycles. The van der Waals surface area contributed by atoms with Crippen LogP contribution in [0.2, 0.25) is 0 Å². The molecule has 2 N–H and O–H groups in total. The SMILES string of the molecule is O=C(CNC(=O)c1ccccc1)Nc1ccccc1SC(F)F. The highest BCUT2D eigenvalue weighted by molar-refractivity contribution is 7.99. The lowest BCUT2D eigenvalue weighted by atomic mass is 10.2. The lowest BCUT2D eigenvalue weighted by Gasteiger charge is -2.11. The van der Waals surface area contributed by atoms with Crippen LogP contribution in [0.4, 0.5) is 14.5 Å². The van der Waals surface area contributed by atoms with Crippen LogP contribution >= 0.6 is 11.8 Å². The molecule has 120 valence electrons. The Labute approximate surface area is 136 Å². The van der Waals surface area contributed by atoms with E-state index in [0.717, 1.165) is 0 Å². The number of para-hydroxylation sites is 1. The van der Waals surface area contributed by atoms with Crippen LogP contribution in [0.3, 0.4) is 0 Å². The summed E-state index contributed by atoms with van der Waals surface area (Å²) in [5.74, 6) is -3.45. The summed E-state index contributed by atoms with van der Waals surface area (Å²) in [6, 6.07) is 14.7. The Morgan fingerprint density at radius 1 is 1.00 bits per heavy atom. The van der Waals surface area contributed by atoms with Crippen molar-refractivity contribution in [1.29, 1.82) is 0 Å². The Balaban J connectivity index is 1.91. The Hall–Kier alpha value is -2.41. The summed E-state index contributed by atoms with van der Waals surface area (Å²) in [5.41, 5.74) is 0.728. The third-order valence-electron chi connectivity index (χ3n) is 2.82. The van der Waals surface area contributed by atoms with Crippen molar-refractivity contribution in [1.82, 2.24) is 5.32 Å². The van der Waals surface area contributed by atoms with Crippen LogP contribution in [0.1, 0.15) is 10.4 Å². The first-order valence-electron chi connectivity index (χ1n) is 6.73. The highest BCUT2D eigenvalue weighted by Crippen LogP contribution is 2.31. The summed E-state index contributed by atoms with van der Waals surface area (Å²) in [7, 11) is 0. The number of carbonyl (C=O) groups excluding carboxylic acids is 2. The third kappa shape index (κ3) is 5.37. The number of amides is 2. The number of benzene rings is 2. The Kier molecular flexibility index (Phi) is 6.10. The fourth-order valence-corrected chi connectivity index (χ4v) is 2.41. The van der Waals surface area contributed by atoms with Crippen LogP contribution in [-0.2, 0) is 4.79 Å². The van der Waals surface area contributed by atoms with Crippen molar-refractivity contribution in [3.8, 4) is 0 Å². The van der Waals surface area contributed by atoms with Gasteiger partial charge < -0.3 is 10.6 Å². The van der Waals surface area contributed by atoms with Crippen LogP contribution in [0, 0.1) is 0 Å². The Bertz CT molecular complexity index is 681. The first kappa shape index (κ1) is 17.0. The maximum absolute atomic E-state index is 12.5. The normalized spacial score (nSPS) is 10.4. The minimum Gasteiger partial charge on any atom is -0.343 e. The van der Waals surface area contributed by atoms with E-state index in [4.69, 9.17) is 0 Å². The van der Waals surface area contributed by atoms with Crippen LogP contribution in [0.25, 0.3) is 0 Å². The molecule has 23 heavy (non-hydrogen) atoms. The van der Waals surface area contributed by atoms with E-state index in [1.54, 1.807) is 42.5 Å². The lowest BCUT2D eigenvalue weighted by Crippen LogP contribution is -2.32. The van der Waals surface area contributed by atoms with Gasteiger partial charge in [-0.05, 0) is 24.3 Å². The van der Waals surface area contributed by atoms with Gasteiger partial charge in [0.25, 0.3) is 11.7 Å². The molecule has 0 aliphatic rings. The van der Waals surface area contributed by atoms with Crippen molar-refractivity contribution in [2.45, 2.75) is 10.7 Å². The quantitative estimate of drug-likeness (QED) is 0.795. The lowest BCUT2D eigenvalue weighted by molar-refractivity contribution is -0.115. The van der Waals surface area contributed by atoms with Gasteiger partial charge in [0.05, 0.1) is 12.2 Å². The second-order valence-corrected chi connectivity index (χ2v) is 5.50. The summed E-state index contributed by atoms with van der Waals surface area (Å²) < 4.78 is 24.9. The van der Waals surface area contributed by atoms with Gasteiger partial charge in [-0.3, -0.25) is 9.59 Å². The largest absolute Gasteiger partial charge is 0.343 e. The van der Waals surface area contributed by atoms with Crippen LogP contribution in [-0.4, -0.2) is 24.1 Å². The number of alkyl halides is 2. The molecule has 2 amide bonds. The van der Waals surface area contributed by atoms with Gasteiger partial charge in [0.1, 0.15) is 0 Å². The van der Waals surface area contributed by atoms with Crippen molar-refractivity contribution < 1.29 is 18.4 Å². The molecule has 0 unspecified atom stereocenters. The molecule has 0 spiro atoms. The number of thioether (sulfide) groups is 1. The highest BCUT2D eigenvalue weighted by atomic mass is 32.2. The Morgan fingerprint density at radius 2 is 1.65 bits per heavy atom. The maximum atomic E-state index is 12.5. The second kappa shape index (κ2) is 8.28. The van der Waals surface area contributed by atoms with Crippen LogP contribution in [0.15, 0.2) is 59.5 Å². The second-order valence-electron chi connectivity index (χ2n) is 4.47. The third-order valence-corrected chi connectivity index (χ3v) is 3.61. The zero-order chi connectivity index (χ0) is 16.7. The molecule has 0 aliphatic heterocycles. The number of hydrogen-bond donors (Lipinski definition) is 2. The summed E-state index contributed by atoms with van der Waals surface area (Å²) in [5, 5.41) is 4.99. The molecule has 2 rings (SSSR count). The maximum Gasteiger partial charge on any atom is 0.288 e. The first-order chi connectivity index (χ1) is 11.1. The molecule has 0 saturated carbocycles. The average molecular weight is 336 g/mol.